The Hall–Kier alpha value is -2.84. The number of carbonyl (C=O) groups excluding carboxylic acids is 1. The number of benzene rings is 2. The van der Waals surface area contributed by atoms with E-state index in [2.05, 4.69) is 0 Å². The Kier molecular flexibility index (Phi) is 5.48. The first-order chi connectivity index (χ1) is 12.9. The summed E-state index contributed by atoms with van der Waals surface area (Å²) in [4.78, 5) is 25.7. The van der Waals surface area contributed by atoms with Gasteiger partial charge < -0.3 is 14.9 Å². The van der Waals surface area contributed by atoms with Crippen LogP contribution in [0.3, 0.4) is 0 Å². The summed E-state index contributed by atoms with van der Waals surface area (Å²) in [6.07, 6.45) is 1.72. The molecule has 1 aliphatic heterocycles. The van der Waals surface area contributed by atoms with Crippen LogP contribution in [0.25, 0.3) is 6.08 Å². The molecular weight excluding hydrogens is 386 g/mol. The standard InChI is InChI=1S/C19H15NO5S2/c1-2-25-13-6-3-11(4-7-13)9-16-17(22)20(19(26)27-16)12-5-8-15(21)14(10-12)18(23)24/h3-10,21H,2H2,1H3,(H,23,24)/b16-9-. The van der Waals surface area contributed by atoms with Gasteiger partial charge in [-0.15, -0.1) is 0 Å². The first-order valence-electron chi connectivity index (χ1n) is 7.98. The van der Waals surface area contributed by atoms with Crippen LogP contribution >= 0.6 is 24.0 Å². The Morgan fingerprint density at radius 1 is 1.26 bits per heavy atom. The molecule has 138 valence electrons. The van der Waals surface area contributed by atoms with Crippen LogP contribution in [0.2, 0.25) is 0 Å². The minimum Gasteiger partial charge on any atom is -0.507 e. The average molecular weight is 401 g/mol. The molecule has 0 spiro atoms. The zero-order valence-electron chi connectivity index (χ0n) is 14.2. The number of phenols is 1. The number of aromatic hydroxyl groups is 1. The molecule has 1 saturated heterocycles. The predicted molar refractivity (Wildman–Crippen MR) is 108 cm³/mol. The second kappa shape index (κ2) is 7.81. The largest absolute Gasteiger partial charge is 0.507 e. The molecule has 0 saturated carbocycles. The summed E-state index contributed by atoms with van der Waals surface area (Å²) in [5.41, 5.74) is 0.815. The zero-order valence-corrected chi connectivity index (χ0v) is 15.8. The van der Waals surface area contributed by atoms with Crippen LogP contribution in [0, 0.1) is 0 Å². The fraction of sp³-hybridized carbons (Fsp3) is 0.105. The maximum absolute atomic E-state index is 12.8. The van der Waals surface area contributed by atoms with Gasteiger partial charge in [0.15, 0.2) is 4.32 Å². The van der Waals surface area contributed by atoms with Crippen molar-refractivity contribution in [1.82, 2.24) is 0 Å². The zero-order chi connectivity index (χ0) is 19.6. The summed E-state index contributed by atoms with van der Waals surface area (Å²) < 4.78 is 5.68. The van der Waals surface area contributed by atoms with E-state index in [1.54, 1.807) is 6.08 Å². The van der Waals surface area contributed by atoms with E-state index in [1.165, 1.54) is 23.1 Å². The van der Waals surface area contributed by atoms with Crippen LogP contribution < -0.4 is 9.64 Å². The van der Waals surface area contributed by atoms with Crippen LogP contribution in [0.15, 0.2) is 47.4 Å². The van der Waals surface area contributed by atoms with Gasteiger partial charge in [0.2, 0.25) is 0 Å². The molecular formula is C19H15NO5S2. The van der Waals surface area contributed by atoms with E-state index in [-0.39, 0.29) is 17.2 Å². The molecule has 0 bridgehead atoms. The fourth-order valence-corrected chi connectivity index (χ4v) is 3.80. The van der Waals surface area contributed by atoms with E-state index in [1.807, 2.05) is 31.2 Å². The number of ether oxygens (including phenoxy) is 1. The number of carboxylic acid groups (broad SMARTS) is 1. The minimum absolute atomic E-state index is 0.291. The van der Waals surface area contributed by atoms with Gasteiger partial charge >= 0.3 is 5.97 Å². The highest BCUT2D eigenvalue weighted by Gasteiger charge is 2.33. The Labute approximate surface area is 165 Å². The van der Waals surface area contributed by atoms with Crippen molar-refractivity contribution in [3.63, 3.8) is 0 Å². The molecule has 0 atom stereocenters. The monoisotopic (exact) mass is 401 g/mol. The third-order valence-corrected chi connectivity index (χ3v) is 5.05. The molecule has 6 nitrogen and oxygen atoms in total. The summed E-state index contributed by atoms with van der Waals surface area (Å²) in [7, 11) is 0. The summed E-state index contributed by atoms with van der Waals surface area (Å²) >= 11 is 6.42. The summed E-state index contributed by atoms with van der Waals surface area (Å²) in [6, 6.07) is 11.2. The van der Waals surface area contributed by atoms with Gasteiger partial charge in [-0.2, -0.15) is 0 Å². The predicted octanol–water partition coefficient (Wildman–Crippen LogP) is 3.89. The molecule has 8 heteroatoms. The quantitative estimate of drug-likeness (QED) is 0.580. The van der Waals surface area contributed by atoms with Crippen molar-refractivity contribution >= 4 is 51.9 Å². The topological polar surface area (TPSA) is 87.1 Å². The number of thiocarbonyl (C=S) groups is 1. The molecule has 1 fully saturated rings. The number of nitrogens with zero attached hydrogens (tertiary/aromatic N) is 1. The molecule has 2 N–H and O–H groups in total. The lowest BCUT2D eigenvalue weighted by Crippen LogP contribution is -2.27. The van der Waals surface area contributed by atoms with Crippen molar-refractivity contribution in [3.05, 3.63) is 58.5 Å². The number of hydrogen-bond acceptors (Lipinski definition) is 6. The van der Waals surface area contributed by atoms with Crippen molar-refractivity contribution in [2.24, 2.45) is 0 Å². The Morgan fingerprint density at radius 2 is 1.96 bits per heavy atom. The molecule has 1 heterocycles. The highest BCUT2D eigenvalue weighted by molar-refractivity contribution is 8.27. The van der Waals surface area contributed by atoms with E-state index >= 15 is 0 Å². The van der Waals surface area contributed by atoms with Crippen molar-refractivity contribution < 1.29 is 24.5 Å². The normalized spacial score (nSPS) is 15.4. The number of thioether (sulfide) groups is 1. The molecule has 0 aliphatic carbocycles. The first kappa shape index (κ1) is 18.9. The van der Waals surface area contributed by atoms with E-state index in [0.29, 0.717) is 21.5 Å². The second-order valence-electron chi connectivity index (χ2n) is 5.53. The van der Waals surface area contributed by atoms with Crippen LogP contribution in [0.4, 0.5) is 5.69 Å². The first-order valence-corrected chi connectivity index (χ1v) is 9.20. The lowest BCUT2D eigenvalue weighted by atomic mass is 10.1. The van der Waals surface area contributed by atoms with Gasteiger partial charge in [0.1, 0.15) is 17.1 Å². The lowest BCUT2D eigenvalue weighted by molar-refractivity contribution is -0.113. The van der Waals surface area contributed by atoms with Gasteiger partial charge in [0.25, 0.3) is 5.91 Å². The Balaban J connectivity index is 1.89. The maximum atomic E-state index is 12.8. The molecule has 0 radical (unpaired) electrons. The van der Waals surface area contributed by atoms with Gasteiger partial charge in [0, 0.05) is 0 Å². The summed E-state index contributed by atoms with van der Waals surface area (Å²) in [5, 5.41) is 18.8. The van der Waals surface area contributed by atoms with Gasteiger partial charge in [-0.1, -0.05) is 36.1 Å². The number of amides is 1. The van der Waals surface area contributed by atoms with Crippen LogP contribution in [0.5, 0.6) is 11.5 Å². The number of carboxylic acids is 1. The Bertz CT molecular complexity index is 953. The lowest BCUT2D eigenvalue weighted by Gasteiger charge is -2.15. The summed E-state index contributed by atoms with van der Waals surface area (Å²) in [5.74, 6) is -1.26. The molecule has 1 aliphatic rings. The molecule has 2 aromatic carbocycles. The van der Waals surface area contributed by atoms with Crippen molar-refractivity contribution in [1.29, 1.82) is 0 Å². The van der Waals surface area contributed by atoms with Gasteiger partial charge in [-0.3, -0.25) is 9.69 Å². The van der Waals surface area contributed by atoms with Crippen LogP contribution in [-0.4, -0.2) is 33.0 Å². The highest BCUT2D eigenvalue weighted by atomic mass is 32.2. The molecule has 0 unspecified atom stereocenters. The van der Waals surface area contributed by atoms with Crippen molar-refractivity contribution in [2.75, 3.05) is 11.5 Å². The Morgan fingerprint density at radius 3 is 2.59 bits per heavy atom. The number of hydrogen-bond donors (Lipinski definition) is 2. The van der Waals surface area contributed by atoms with Gasteiger partial charge in [-0.25, -0.2) is 4.79 Å². The maximum Gasteiger partial charge on any atom is 0.339 e. The van der Waals surface area contributed by atoms with Gasteiger partial charge in [0.05, 0.1) is 17.2 Å². The number of aromatic carboxylic acids is 1. The second-order valence-corrected chi connectivity index (χ2v) is 7.20. The van der Waals surface area contributed by atoms with Crippen molar-refractivity contribution in [2.45, 2.75) is 6.92 Å². The number of rotatable bonds is 5. The van der Waals surface area contributed by atoms with Crippen LogP contribution in [0.1, 0.15) is 22.8 Å². The molecule has 27 heavy (non-hydrogen) atoms. The van der Waals surface area contributed by atoms with Gasteiger partial charge in [-0.05, 0) is 48.9 Å². The SMILES string of the molecule is CCOc1ccc(/C=C2\SC(=S)N(c3ccc(O)c(C(=O)O)c3)C2=O)cc1. The minimum atomic E-state index is -1.29. The molecule has 0 aromatic heterocycles. The summed E-state index contributed by atoms with van der Waals surface area (Å²) in [6.45, 7) is 2.47. The van der Waals surface area contributed by atoms with E-state index in [9.17, 15) is 14.7 Å². The van der Waals surface area contributed by atoms with E-state index in [0.717, 1.165) is 23.1 Å². The molecule has 2 aromatic rings. The average Bonchev–Trinajstić information content (AvgIpc) is 2.91. The highest BCUT2D eigenvalue weighted by Crippen LogP contribution is 2.37. The van der Waals surface area contributed by atoms with Crippen molar-refractivity contribution in [3.8, 4) is 11.5 Å². The van der Waals surface area contributed by atoms with E-state index < -0.39 is 5.97 Å². The van der Waals surface area contributed by atoms with Crippen LogP contribution in [-0.2, 0) is 4.79 Å². The smallest absolute Gasteiger partial charge is 0.339 e. The number of anilines is 1. The fourth-order valence-electron chi connectivity index (χ4n) is 2.50. The third-order valence-electron chi connectivity index (χ3n) is 3.75. The molecule has 3 rings (SSSR count). The molecule has 1 amide bonds. The third kappa shape index (κ3) is 3.96. The van der Waals surface area contributed by atoms with E-state index in [4.69, 9.17) is 22.1 Å². The number of carbonyl (C=O) groups is 2.